The van der Waals surface area contributed by atoms with Crippen molar-refractivity contribution in [2.45, 2.75) is 11.5 Å². The highest BCUT2D eigenvalue weighted by Gasteiger charge is 2.54. The molecular formula is C24H22BrNO2. The molecule has 1 aliphatic heterocycles. The second kappa shape index (κ2) is 7.90. The third kappa shape index (κ3) is 3.27. The minimum absolute atomic E-state index is 0.0997. The fourth-order valence-electron chi connectivity index (χ4n) is 4.17. The number of carbonyl (C=O) groups excluding carboxylic acids is 1. The van der Waals surface area contributed by atoms with Gasteiger partial charge in [0, 0.05) is 17.6 Å². The number of methoxy groups -OCH3 is 1. The minimum atomic E-state index is -0.656. The van der Waals surface area contributed by atoms with Gasteiger partial charge in [0.25, 0.3) is 0 Å². The number of likely N-dealkylation sites (tertiary alicyclic amines) is 1. The molecular weight excluding hydrogens is 414 g/mol. The van der Waals surface area contributed by atoms with Crippen LogP contribution in [0.3, 0.4) is 0 Å². The van der Waals surface area contributed by atoms with E-state index in [1.165, 1.54) is 18.2 Å². The van der Waals surface area contributed by atoms with Crippen LogP contribution in [0.5, 0.6) is 0 Å². The molecule has 4 rings (SSSR count). The standard InChI is InChI=1S/C24H22BrNO2/c1-28-23(27)24(20-14-8-9-15-21(20)25)16-26(17-24)22(18-10-4-2-5-11-18)19-12-6-3-7-13-19/h2-15,22H,16-17H2,1H3. The fraction of sp³-hybridized carbons (Fsp3) is 0.208. The fourth-order valence-corrected chi connectivity index (χ4v) is 4.83. The highest BCUT2D eigenvalue weighted by Crippen LogP contribution is 2.44. The van der Waals surface area contributed by atoms with Gasteiger partial charge in [-0.1, -0.05) is 94.8 Å². The maximum atomic E-state index is 12.8. The lowest BCUT2D eigenvalue weighted by Crippen LogP contribution is -2.64. The third-order valence-electron chi connectivity index (χ3n) is 5.51. The van der Waals surface area contributed by atoms with Crippen LogP contribution in [0.2, 0.25) is 0 Å². The van der Waals surface area contributed by atoms with E-state index in [0.717, 1.165) is 10.0 Å². The summed E-state index contributed by atoms with van der Waals surface area (Å²) >= 11 is 3.62. The summed E-state index contributed by atoms with van der Waals surface area (Å²) in [6, 6.07) is 28.9. The van der Waals surface area contributed by atoms with Crippen molar-refractivity contribution in [1.82, 2.24) is 4.90 Å². The van der Waals surface area contributed by atoms with Crippen molar-refractivity contribution in [2.75, 3.05) is 20.2 Å². The van der Waals surface area contributed by atoms with Crippen LogP contribution in [-0.2, 0) is 14.9 Å². The van der Waals surface area contributed by atoms with Gasteiger partial charge in [-0.3, -0.25) is 9.69 Å². The molecule has 0 saturated carbocycles. The van der Waals surface area contributed by atoms with Gasteiger partial charge in [-0.25, -0.2) is 0 Å². The van der Waals surface area contributed by atoms with E-state index in [1.54, 1.807) is 0 Å². The highest BCUT2D eigenvalue weighted by molar-refractivity contribution is 9.10. The first-order chi connectivity index (χ1) is 13.7. The molecule has 0 N–H and O–H groups in total. The summed E-state index contributed by atoms with van der Waals surface area (Å²) in [5.41, 5.74) is 2.77. The molecule has 0 unspecified atom stereocenters. The maximum absolute atomic E-state index is 12.8. The summed E-state index contributed by atoms with van der Waals surface area (Å²) in [6.45, 7) is 1.22. The topological polar surface area (TPSA) is 29.5 Å². The van der Waals surface area contributed by atoms with E-state index in [9.17, 15) is 4.79 Å². The van der Waals surface area contributed by atoms with E-state index in [-0.39, 0.29) is 12.0 Å². The molecule has 0 aliphatic carbocycles. The van der Waals surface area contributed by atoms with Crippen molar-refractivity contribution in [3.8, 4) is 0 Å². The van der Waals surface area contributed by atoms with Crippen molar-refractivity contribution in [1.29, 1.82) is 0 Å². The second-order valence-electron chi connectivity index (χ2n) is 7.18. The number of carbonyl (C=O) groups is 1. The van der Waals surface area contributed by atoms with E-state index in [4.69, 9.17) is 4.74 Å². The van der Waals surface area contributed by atoms with Gasteiger partial charge in [-0.05, 0) is 22.8 Å². The van der Waals surface area contributed by atoms with Gasteiger partial charge >= 0.3 is 5.97 Å². The van der Waals surface area contributed by atoms with Gasteiger partial charge in [0.05, 0.1) is 13.2 Å². The molecule has 0 bridgehead atoms. The van der Waals surface area contributed by atoms with Crippen LogP contribution in [0.4, 0.5) is 0 Å². The number of nitrogens with zero attached hydrogens (tertiary/aromatic N) is 1. The van der Waals surface area contributed by atoms with Crippen LogP contribution in [0, 0.1) is 0 Å². The molecule has 3 nitrogen and oxygen atoms in total. The van der Waals surface area contributed by atoms with Gasteiger partial charge in [-0.15, -0.1) is 0 Å². The number of esters is 1. The predicted molar refractivity (Wildman–Crippen MR) is 114 cm³/mol. The van der Waals surface area contributed by atoms with Crippen LogP contribution >= 0.6 is 15.9 Å². The summed E-state index contributed by atoms with van der Waals surface area (Å²) in [5.74, 6) is -0.185. The van der Waals surface area contributed by atoms with E-state index >= 15 is 0 Å². The van der Waals surface area contributed by atoms with Gasteiger partial charge in [0.1, 0.15) is 5.41 Å². The Morgan fingerprint density at radius 2 is 1.39 bits per heavy atom. The zero-order valence-corrected chi connectivity index (χ0v) is 17.3. The first-order valence-corrected chi connectivity index (χ1v) is 10.1. The zero-order chi connectivity index (χ0) is 19.6. The molecule has 4 heteroatoms. The van der Waals surface area contributed by atoms with Gasteiger partial charge in [0.2, 0.25) is 0 Å². The molecule has 142 valence electrons. The first kappa shape index (κ1) is 18.9. The molecule has 3 aromatic carbocycles. The van der Waals surface area contributed by atoms with Crippen LogP contribution in [0.1, 0.15) is 22.7 Å². The summed E-state index contributed by atoms with van der Waals surface area (Å²) in [4.78, 5) is 15.2. The molecule has 0 spiro atoms. The Balaban J connectivity index is 1.71. The Bertz CT molecular complexity index is 913. The maximum Gasteiger partial charge on any atom is 0.318 e. The number of hydrogen-bond acceptors (Lipinski definition) is 3. The van der Waals surface area contributed by atoms with Crippen LogP contribution in [0.25, 0.3) is 0 Å². The van der Waals surface area contributed by atoms with Crippen molar-refractivity contribution >= 4 is 21.9 Å². The van der Waals surface area contributed by atoms with Gasteiger partial charge in [0.15, 0.2) is 0 Å². The molecule has 0 atom stereocenters. The van der Waals surface area contributed by atoms with Gasteiger partial charge < -0.3 is 4.74 Å². The molecule has 0 radical (unpaired) electrons. The molecule has 0 aromatic heterocycles. The van der Waals surface area contributed by atoms with E-state index < -0.39 is 5.41 Å². The van der Waals surface area contributed by atoms with E-state index in [0.29, 0.717) is 13.1 Å². The largest absolute Gasteiger partial charge is 0.468 e. The number of benzene rings is 3. The Labute approximate surface area is 174 Å². The average Bonchev–Trinajstić information content (AvgIpc) is 2.72. The number of ether oxygens (including phenoxy) is 1. The molecule has 28 heavy (non-hydrogen) atoms. The van der Waals surface area contributed by atoms with Crippen LogP contribution in [0.15, 0.2) is 89.4 Å². The molecule has 1 aliphatic rings. The Hall–Kier alpha value is -2.43. The Morgan fingerprint density at radius 1 is 0.893 bits per heavy atom. The second-order valence-corrected chi connectivity index (χ2v) is 8.04. The normalized spacial score (nSPS) is 15.8. The van der Waals surface area contributed by atoms with Crippen molar-refractivity contribution < 1.29 is 9.53 Å². The minimum Gasteiger partial charge on any atom is -0.468 e. The van der Waals surface area contributed by atoms with E-state index in [2.05, 4.69) is 69.4 Å². The monoisotopic (exact) mass is 435 g/mol. The van der Waals surface area contributed by atoms with Crippen LogP contribution in [-0.4, -0.2) is 31.1 Å². The summed E-state index contributed by atoms with van der Waals surface area (Å²) < 4.78 is 6.16. The van der Waals surface area contributed by atoms with E-state index in [1.807, 2.05) is 36.4 Å². The summed E-state index contributed by atoms with van der Waals surface area (Å²) in [6.07, 6.45) is 0. The lowest BCUT2D eigenvalue weighted by atomic mass is 9.72. The number of halogens is 1. The molecule has 0 amide bonds. The molecule has 1 heterocycles. The average molecular weight is 436 g/mol. The Morgan fingerprint density at radius 3 is 1.89 bits per heavy atom. The van der Waals surface area contributed by atoms with Crippen molar-refractivity contribution in [2.24, 2.45) is 0 Å². The molecule has 1 fully saturated rings. The predicted octanol–water partition coefficient (Wildman–Crippen LogP) is 4.97. The molecule has 3 aromatic rings. The first-order valence-electron chi connectivity index (χ1n) is 9.33. The van der Waals surface area contributed by atoms with Gasteiger partial charge in [-0.2, -0.15) is 0 Å². The highest BCUT2D eigenvalue weighted by atomic mass is 79.9. The number of hydrogen-bond donors (Lipinski definition) is 0. The summed E-state index contributed by atoms with van der Waals surface area (Å²) in [7, 11) is 1.47. The SMILES string of the molecule is COC(=O)C1(c2ccccc2Br)CN(C(c2ccccc2)c2ccccc2)C1. The lowest BCUT2D eigenvalue weighted by molar-refractivity contribution is -0.156. The summed E-state index contributed by atoms with van der Waals surface area (Å²) in [5, 5.41) is 0. The smallest absolute Gasteiger partial charge is 0.318 e. The lowest BCUT2D eigenvalue weighted by Gasteiger charge is -2.52. The quantitative estimate of drug-likeness (QED) is 0.530. The van der Waals surface area contributed by atoms with Crippen molar-refractivity contribution in [3.05, 3.63) is 106 Å². The Kier molecular flexibility index (Phi) is 5.33. The number of rotatable bonds is 5. The molecule has 1 saturated heterocycles. The van der Waals surface area contributed by atoms with Crippen molar-refractivity contribution in [3.63, 3.8) is 0 Å². The zero-order valence-electron chi connectivity index (χ0n) is 15.7. The third-order valence-corrected chi connectivity index (χ3v) is 6.20. The van der Waals surface area contributed by atoms with Crippen LogP contribution < -0.4 is 0 Å².